The van der Waals surface area contributed by atoms with E-state index in [0.717, 1.165) is 5.56 Å². The lowest BCUT2D eigenvalue weighted by molar-refractivity contribution is -0.118. The minimum atomic E-state index is -4.39. The molecule has 0 bridgehead atoms. The van der Waals surface area contributed by atoms with Gasteiger partial charge in [0.25, 0.3) is 0 Å². The van der Waals surface area contributed by atoms with Gasteiger partial charge in [0.1, 0.15) is 0 Å². The smallest absolute Gasteiger partial charge is 0.353 e. The number of amides is 1. The number of nitrogens with two attached hydrogens (primary N) is 1. The zero-order valence-electron chi connectivity index (χ0n) is 9.81. The predicted molar refractivity (Wildman–Crippen MR) is 72.1 cm³/mol. The third-order valence-electron chi connectivity index (χ3n) is 2.11. The number of alkyl halides is 3. The number of carbonyl (C=O) groups is 1. The molecule has 108 valence electrons. The number of thioether (sulfide) groups is 1. The van der Waals surface area contributed by atoms with Crippen LogP contribution in [0, 0.1) is 0 Å². The summed E-state index contributed by atoms with van der Waals surface area (Å²) in [6.07, 6.45) is 0. The molecular formula is C11H14ClF3N2OS. The Hall–Kier alpha value is -0.920. The number of benzene rings is 1. The second-order valence-electron chi connectivity index (χ2n) is 3.56. The van der Waals surface area contributed by atoms with Crippen molar-refractivity contribution in [3.63, 3.8) is 0 Å². The maximum atomic E-state index is 11.8. The fourth-order valence-corrected chi connectivity index (χ4v) is 1.64. The van der Waals surface area contributed by atoms with Gasteiger partial charge in [-0.3, -0.25) is 4.79 Å². The average molecular weight is 315 g/mol. The third-order valence-corrected chi connectivity index (χ3v) is 2.85. The van der Waals surface area contributed by atoms with Crippen molar-refractivity contribution >= 4 is 30.1 Å². The van der Waals surface area contributed by atoms with Crippen molar-refractivity contribution in [2.24, 2.45) is 5.73 Å². The molecular weight excluding hydrogens is 301 g/mol. The molecule has 8 heteroatoms. The summed E-state index contributed by atoms with van der Waals surface area (Å²) in [4.78, 5) is 11.1. The maximum Gasteiger partial charge on any atom is 0.442 e. The molecule has 0 aliphatic carbocycles. The molecule has 1 atom stereocenters. The molecule has 0 spiro atoms. The summed E-state index contributed by atoms with van der Waals surface area (Å²) in [6, 6.07) is 8.59. The number of hydrogen-bond acceptors (Lipinski definition) is 3. The monoisotopic (exact) mass is 314 g/mol. The van der Waals surface area contributed by atoms with Crippen molar-refractivity contribution in [1.29, 1.82) is 0 Å². The van der Waals surface area contributed by atoms with Gasteiger partial charge in [0.05, 0.1) is 5.75 Å². The Morgan fingerprint density at radius 2 is 1.89 bits per heavy atom. The topological polar surface area (TPSA) is 55.1 Å². The predicted octanol–water partition coefficient (Wildman–Crippen LogP) is 2.48. The summed E-state index contributed by atoms with van der Waals surface area (Å²) < 4.78 is 35.5. The normalized spacial score (nSPS) is 12.4. The van der Waals surface area contributed by atoms with Crippen LogP contribution in [0.25, 0.3) is 0 Å². The van der Waals surface area contributed by atoms with E-state index in [9.17, 15) is 18.0 Å². The standard InChI is InChI=1S/C11H13F3N2OS.ClH/c12-11(13,14)18-7-10(17)16-6-9(15)8-4-2-1-3-5-8;/h1-5,9H,6-7,15H2,(H,16,17);1H. The molecule has 0 saturated carbocycles. The van der Waals surface area contributed by atoms with E-state index >= 15 is 0 Å². The van der Waals surface area contributed by atoms with E-state index < -0.39 is 23.2 Å². The molecule has 1 amide bonds. The number of hydrogen-bond donors (Lipinski definition) is 2. The highest BCUT2D eigenvalue weighted by Gasteiger charge is 2.29. The molecule has 1 aromatic rings. The molecule has 0 aromatic heterocycles. The van der Waals surface area contributed by atoms with Crippen LogP contribution in [0.3, 0.4) is 0 Å². The highest BCUT2D eigenvalue weighted by atomic mass is 35.5. The van der Waals surface area contributed by atoms with Crippen molar-refractivity contribution in [3.8, 4) is 0 Å². The maximum absolute atomic E-state index is 11.8. The SMILES string of the molecule is Cl.NC(CNC(=O)CSC(F)(F)F)c1ccccc1. The van der Waals surface area contributed by atoms with E-state index in [1.807, 2.05) is 6.07 Å². The van der Waals surface area contributed by atoms with Gasteiger partial charge in [-0.05, 0) is 17.3 Å². The first-order valence-corrected chi connectivity index (χ1v) is 6.15. The molecule has 0 saturated heterocycles. The lowest BCUT2D eigenvalue weighted by Gasteiger charge is -2.13. The number of nitrogens with one attached hydrogen (secondary N) is 1. The summed E-state index contributed by atoms with van der Waals surface area (Å²) in [7, 11) is 0. The van der Waals surface area contributed by atoms with E-state index in [2.05, 4.69) is 5.32 Å². The molecule has 1 rings (SSSR count). The molecule has 0 heterocycles. The molecule has 3 N–H and O–H groups in total. The average Bonchev–Trinajstić information content (AvgIpc) is 2.33. The van der Waals surface area contributed by atoms with Crippen molar-refractivity contribution in [3.05, 3.63) is 35.9 Å². The van der Waals surface area contributed by atoms with Crippen LogP contribution in [-0.2, 0) is 4.79 Å². The summed E-state index contributed by atoms with van der Waals surface area (Å²) in [5, 5.41) is 2.37. The van der Waals surface area contributed by atoms with E-state index in [-0.39, 0.29) is 30.7 Å². The molecule has 0 radical (unpaired) electrons. The molecule has 0 aliphatic heterocycles. The Morgan fingerprint density at radius 1 is 1.32 bits per heavy atom. The minimum Gasteiger partial charge on any atom is -0.353 e. The Bertz CT molecular complexity index is 389. The van der Waals surface area contributed by atoms with E-state index in [1.54, 1.807) is 24.3 Å². The molecule has 1 aromatic carbocycles. The first-order chi connectivity index (χ1) is 8.38. The van der Waals surface area contributed by atoms with Crippen LogP contribution in [0.4, 0.5) is 13.2 Å². The fraction of sp³-hybridized carbons (Fsp3) is 0.364. The molecule has 0 fully saturated rings. The summed E-state index contributed by atoms with van der Waals surface area (Å²) in [5.41, 5.74) is 2.21. The van der Waals surface area contributed by atoms with E-state index in [4.69, 9.17) is 5.73 Å². The van der Waals surface area contributed by atoms with Crippen LogP contribution >= 0.6 is 24.2 Å². The Balaban J connectivity index is 0.00000324. The van der Waals surface area contributed by atoms with E-state index in [0.29, 0.717) is 0 Å². The fourth-order valence-electron chi connectivity index (χ4n) is 1.24. The van der Waals surface area contributed by atoms with Crippen molar-refractivity contribution in [2.45, 2.75) is 11.6 Å². The number of rotatable bonds is 5. The minimum absolute atomic E-state index is 0. The summed E-state index contributed by atoms with van der Waals surface area (Å²) in [6.45, 7) is 0.112. The van der Waals surface area contributed by atoms with Crippen LogP contribution < -0.4 is 11.1 Å². The Labute approximate surface area is 119 Å². The van der Waals surface area contributed by atoms with Gasteiger partial charge in [-0.15, -0.1) is 12.4 Å². The lowest BCUT2D eigenvalue weighted by Crippen LogP contribution is -2.33. The molecule has 1 unspecified atom stereocenters. The summed E-state index contributed by atoms with van der Waals surface area (Å²) in [5.74, 6) is -1.32. The second-order valence-corrected chi connectivity index (χ2v) is 4.60. The third kappa shape index (κ3) is 7.97. The van der Waals surface area contributed by atoms with Crippen LogP contribution in [0.5, 0.6) is 0 Å². The zero-order valence-corrected chi connectivity index (χ0v) is 11.4. The van der Waals surface area contributed by atoms with Gasteiger partial charge in [-0.1, -0.05) is 30.3 Å². The van der Waals surface area contributed by atoms with Gasteiger partial charge in [-0.25, -0.2) is 0 Å². The largest absolute Gasteiger partial charge is 0.442 e. The van der Waals surface area contributed by atoms with Crippen molar-refractivity contribution < 1.29 is 18.0 Å². The van der Waals surface area contributed by atoms with Crippen molar-refractivity contribution in [2.75, 3.05) is 12.3 Å². The van der Waals surface area contributed by atoms with Crippen LogP contribution in [-0.4, -0.2) is 23.7 Å². The van der Waals surface area contributed by atoms with Crippen molar-refractivity contribution in [1.82, 2.24) is 5.32 Å². The van der Waals surface area contributed by atoms with Gasteiger partial charge in [0.2, 0.25) is 5.91 Å². The Kier molecular flexibility index (Phi) is 7.89. The first-order valence-electron chi connectivity index (χ1n) is 5.16. The number of halogens is 4. The molecule has 0 aliphatic rings. The van der Waals surface area contributed by atoms with Gasteiger partial charge in [0.15, 0.2) is 0 Å². The molecule has 19 heavy (non-hydrogen) atoms. The lowest BCUT2D eigenvalue weighted by atomic mass is 10.1. The highest BCUT2D eigenvalue weighted by Crippen LogP contribution is 2.29. The number of carbonyl (C=O) groups excluding carboxylic acids is 1. The quantitative estimate of drug-likeness (QED) is 0.878. The van der Waals surface area contributed by atoms with Crippen LogP contribution in [0.15, 0.2) is 30.3 Å². The van der Waals surface area contributed by atoms with Gasteiger partial charge in [-0.2, -0.15) is 13.2 Å². The Morgan fingerprint density at radius 3 is 2.42 bits per heavy atom. The van der Waals surface area contributed by atoms with E-state index in [1.165, 1.54) is 0 Å². The zero-order chi connectivity index (χ0) is 13.6. The summed E-state index contributed by atoms with van der Waals surface area (Å²) >= 11 is -0.364. The second kappa shape index (κ2) is 8.29. The first kappa shape index (κ1) is 18.1. The van der Waals surface area contributed by atoms with Gasteiger partial charge < -0.3 is 11.1 Å². The highest BCUT2D eigenvalue weighted by molar-refractivity contribution is 8.00. The van der Waals surface area contributed by atoms with Gasteiger partial charge in [0, 0.05) is 12.6 Å². The van der Waals surface area contributed by atoms with Crippen LogP contribution in [0.2, 0.25) is 0 Å². The molecule has 3 nitrogen and oxygen atoms in total. The van der Waals surface area contributed by atoms with Crippen LogP contribution in [0.1, 0.15) is 11.6 Å². The van der Waals surface area contributed by atoms with Gasteiger partial charge >= 0.3 is 5.51 Å².